The molecule has 1 amide bonds. The van der Waals surface area contributed by atoms with Gasteiger partial charge in [0.2, 0.25) is 10.0 Å². The summed E-state index contributed by atoms with van der Waals surface area (Å²) in [6.07, 6.45) is 2.25. The Morgan fingerprint density at radius 3 is 2.62 bits per heavy atom. The molecule has 1 heterocycles. The fourth-order valence-electron chi connectivity index (χ4n) is 3.85. The number of piperidine rings is 1. The molecule has 2 aromatic rings. The van der Waals surface area contributed by atoms with E-state index in [-0.39, 0.29) is 5.82 Å². The van der Waals surface area contributed by atoms with E-state index < -0.39 is 28.2 Å². The first kappa shape index (κ1) is 21.3. The standard InChI is InChI=1S/C21H25FN2O4S/c1-28-21(25)24-12-6-9-19(23-29(2,26)27)20(24)14-15-10-11-18(22)17(13-15)16-7-4-3-5-8-16/h3-5,7-8,10-11,13,19-20,23H,6,9,12,14H2,1-2H3. The van der Waals surface area contributed by atoms with Crippen LogP contribution in [0.2, 0.25) is 0 Å². The van der Waals surface area contributed by atoms with Crippen LogP contribution >= 0.6 is 0 Å². The van der Waals surface area contributed by atoms with E-state index in [4.69, 9.17) is 4.74 Å². The largest absolute Gasteiger partial charge is 0.453 e. The molecular formula is C21H25FN2O4S. The Morgan fingerprint density at radius 2 is 1.97 bits per heavy atom. The van der Waals surface area contributed by atoms with Crippen molar-refractivity contribution in [2.45, 2.75) is 31.3 Å². The van der Waals surface area contributed by atoms with Crippen molar-refractivity contribution in [3.05, 3.63) is 59.9 Å². The van der Waals surface area contributed by atoms with Gasteiger partial charge in [0.1, 0.15) is 5.82 Å². The molecule has 2 unspecified atom stereocenters. The van der Waals surface area contributed by atoms with Crippen LogP contribution in [0.5, 0.6) is 0 Å². The molecule has 0 bridgehead atoms. The summed E-state index contributed by atoms with van der Waals surface area (Å²) in [6.45, 7) is 0.478. The number of nitrogens with one attached hydrogen (secondary N) is 1. The van der Waals surface area contributed by atoms with E-state index in [1.54, 1.807) is 17.0 Å². The molecule has 0 spiro atoms. The number of rotatable bonds is 5. The van der Waals surface area contributed by atoms with Gasteiger partial charge in [-0.15, -0.1) is 0 Å². The molecular weight excluding hydrogens is 395 g/mol. The van der Waals surface area contributed by atoms with E-state index in [0.29, 0.717) is 31.4 Å². The zero-order valence-corrected chi connectivity index (χ0v) is 17.3. The van der Waals surface area contributed by atoms with Gasteiger partial charge in [0.25, 0.3) is 0 Å². The highest BCUT2D eigenvalue weighted by Gasteiger charge is 2.36. The molecule has 2 atom stereocenters. The zero-order valence-electron chi connectivity index (χ0n) is 16.5. The fraction of sp³-hybridized carbons (Fsp3) is 0.381. The molecule has 1 N–H and O–H groups in total. The van der Waals surface area contributed by atoms with Crippen molar-refractivity contribution in [2.75, 3.05) is 19.9 Å². The van der Waals surface area contributed by atoms with E-state index in [9.17, 15) is 17.6 Å². The second-order valence-electron chi connectivity index (χ2n) is 7.25. The number of hydrogen-bond acceptors (Lipinski definition) is 4. The highest BCUT2D eigenvalue weighted by atomic mass is 32.2. The third kappa shape index (κ3) is 5.33. The summed E-state index contributed by atoms with van der Waals surface area (Å²) in [6, 6.07) is 13.2. The lowest BCUT2D eigenvalue weighted by Gasteiger charge is -2.40. The molecule has 0 radical (unpaired) electrons. The molecule has 0 aliphatic carbocycles. The molecule has 156 valence electrons. The molecule has 1 saturated heterocycles. The predicted molar refractivity (Wildman–Crippen MR) is 109 cm³/mol. The first-order valence-electron chi connectivity index (χ1n) is 9.44. The SMILES string of the molecule is COC(=O)N1CCCC(NS(C)(=O)=O)C1Cc1ccc(F)c(-c2ccccc2)c1. The highest BCUT2D eigenvalue weighted by Crippen LogP contribution is 2.27. The van der Waals surface area contributed by atoms with E-state index in [2.05, 4.69) is 4.72 Å². The minimum absolute atomic E-state index is 0.334. The van der Waals surface area contributed by atoms with Gasteiger partial charge >= 0.3 is 6.09 Å². The average Bonchev–Trinajstić information content (AvgIpc) is 2.69. The third-order valence-corrected chi connectivity index (χ3v) is 5.84. The summed E-state index contributed by atoms with van der Waals surface area (Å²) in [5, 5.41) is 0. The molecule has 0 saturated carbocycles. The van der Waals surface area contributed by atoms with Crippen LogP contribution in [0.15, 0.2) is 48.5 Å². The van der Waals surface area contributed by atoms with E-state index >= 15 is 0 Å². The van der Waals surface area contributed by atoms with Crippen LogP contribution in [0.4, 0.5) is 9.18 Å². The zero-order chi connectivity index (χ0) is 21.0. The Bertz CT molecular complexity index is 966. The van der Waals surface area contributed by atoms with Gasteiger partial charge in [-0.25, -0.2) is 22.3 Å². The minimum atomic E-state index is -3.45. The van der Waals surface area contributed by atoms with Gasteiger partial charge in [-0.05, 0) is 42.5 Å². The van der Waals surface area contributed by atoms with Crippen LogP contribution in [0.1, 0.15) is 18.4 Å². The Kier molecular flexibility index (Phi) is 6.54. The van der Waals surface area contributed by atoms with Crippen LogP contribution in [0, 0.1) is 5.82 Å². The summed E-state index contributed by atoms with van der Waals surface area (Å²) < 4.78 is 45.6. The summed E-state index contributed by atoms with van der Waals surface area (Å²) in [5.74, 6) is -0.334. The highest BCUT2D eigenvalue weighted by molar-refractivity contribution is 7.88. The first-order chi connectivity index (χ1) is 13.8. The molecule has 1 aliphatic heterocycles. The Balaban J connectivity index is 1.93. The lowest BCUT2D eigenvalue weighted by Crippen LogP contribution is -2.57. The Hall–Kier alpha value is -2.45. The van der Waals surface area contributed by atoms with Gasteiger partial charge in [0.05, 0.1) is 19.4 Å². The monoisotopic (exact) mass is 420 g/mol. The van der Waals surface area contributed by atoms with Crippen molar-refractivity contribution in [1.29, 1.82) is 0 Å². The number of likely N-dealkylation sites (tertiary alicyclic amines) is 1. The topological polar surface area (TPSA) is 75.7 Å². The molecule has 0 aromatic heterocycles. The van der Waals surface area contributed by atoms with Crippen molar-refractivity contribution in [3.63, 3.8) is 0 Å². The molecule has 1 fully saturated rings. The molecule has 1 aliphatic rings. The van der Waals surface area contributed by atoms with Crippen molar-refractivity contribution < 1.29 is 22.3 Å². The molecule has 3 rings (SSSR count). The maximum atomic E-state index is 14.4. The van der Waals surface area contributed by atoms with E-state index in [1.165, 1.54) is 13.2 Å². The second kappa shape index (κ2) is 8.92. The number of carbonyl (C=O) groups is 1. The number of carbonyl (C=O) groups excluding carboxylic acids is 1. The number of halogens is 1. The Labute approximate surface area is 170 Å². The maximum Gasteiger partial charge on any atom is 0.409 e. The number of hydrogen-bond donors (Lipinski definition) is 1. The normalized spacial score (nSPS) is 19.8. The summed E-state index contributed by atoms with van der Waals surface area (Å²) in [7, 11) is -2.15. The van der Waals surface area contributed by atoms with Crippen molar-refractivity contribution in [2.24, 2.45) is 0 Å². The summed E-state index contributed by atoms with van der Waals surface area (Å²) in [5.41, 5.74) is 2.04. The van der Waals surface area contributed by atoms with Crippen LogP contribution in [-0.2, 0) is 21.2 Å². The smallest absolute Gasteiger partial charge is 0.409 e. The number of ether oxygens (including phenoxy) is 1. The van der Waals surface area contributed by atoms with Gasteiger partial charge in [0.15, 0.2) is 0 Å². The van der Waals surface area contributed by atoms with Gasteiger partial charge in [-0.1, -0.05) is 36.4 Å². The minimum Gasteiger partial charge on any atom is -0.453 e. The van der Waals surface area contributed by atoms with Crippen molar-refractivity contribution >= 4 is 16.1 Å². The third-order valence-electron chi connectivity index (χ3n) is 5.11. The van der Waals surface area contributed by atoms with Crippen LogP contribution < -0.4 is 4.72 Å². The summed E-state index contributed by atoms with van der Waals surface area (Å²) in [4.78, 5) is 13.8. The van der Waals surface area contributed by atoms with E-state index in [1.807, 2.05) is 30.3 Å². The van der Waals surface area contributed by atoms with E-state index in [0.717, 1.165) is 17.4 Å². The first-order valence-corrected chi connectivity index (χ1v) is 11.3. The lowest BCUT2D eigenvalue weighted by atomic mass is 9.90. The van der Waals surface area contributed by atoms with Gasteiger partial charge < -0.3 is 9.64 Å². The predicted octanol–water partition coefficient (Wildman–Crippen LogP) is 3.18. The Morgan fingerprint density at radius 1 is 1.24 bits per heavy atom. The van der Waals surface area contributed by atoms with Crippen LogP contribution in [0.25, 0.3) is 11.1 Å². The number of benzene rings is 2. The quantitative estimate of drug-likeness (QED) is 0.806. The maximum absolute atomic E-state index is 14.4. The molecule has 8 heteroatoms. The molecule has 29 heavy (non-hydrogen) atoms. The van der Waals surface area contributed by atoms with Gasteiger partial charge in [-0.2, -0.15) is 0 Å². The van der Waals surface area contributed by atoms with Crippen LogP contribution in [-0.4, -0.2) is 51.4 Å². The molecule has 6 nitrogen and oxygen atoms in total. The average molecular weight is 421 g/mol. The second-order valence-corrected chi connectivity index (χ2v) is 9.03. The number of methoxy groups -OCH3 is 1. The van der Waals surface area contributed by atoms with Gasteiger partial charge in [-0.3, -0.25) is 0 Å². The number of amides is 1. The van der Waals surface area contributed by atoms with Crippen LogP contribution in [0.3, 0.4) is 0 Å². The molecule has 2 aromatic carbocycles. The fourth-order valence-corrected chi connectivity index (χ4v) is 4.67. The van der Waals surface area contributed by atoms with Crippen molar-refractivity contribution in [1.82, 2.24) is 9.62 Å². The lowest BCUT2D eigenvalue weighted by molar-refractivity contribution is 0.0792. The summed E-state index contributed by atoms with van der Waals surface area (Å²) >= 11 is 0. The number of nitrogens with zero attached hydrogens (tertiary/aromatic N) is 1. The van der Waals surface area contributed by atoms with Crippen molar-refractivity contribution in [3.8, 4) is 11.1 Å². The number of sulfonamides is 1. The van der Waals surface area contributed by atoms with Gasteiger partial charge in [0, 0.05) is 18.2 Å².